The maximum atomic E-state index is 11.7. The van der Waals surface area contributed by atoms with Gasteiger partial charge < -0.3 is 15.1 Å². The van der Waals surface area contributed by atoms with Crippen molar-refractivity contribution in [2.24, 2.45) is 0 Å². The molecular formula is C9H17N3O. The molecule has 74 valence electrons. The number of amides is 2. The van der Waals surface area contributed by atoms with Gasteiger partial charge in [0.15, 0.2) is 0 Å². The van der Waals surface area contributed by atoms with Crippen molar-refractivity contribution in [3.8, 4) is 0 Å². The molecule has 2 amide bonds. The molecule has 0 aromatic rings. The van der Waals surface area contributed by atoms with Crippen molar-refractivity contribution in [1.29, 1.82) is 0 Å². The minimum atomic E-state index is 0.196. The summed E-state index contributed by atoms with van der Waals surface area (Å²) in [6.07, 6.45) is 1.10. The Morgan fingerprint density at radius 1 is 1.54 bits per heavy atom. The highest BCUT2D eigenvalue weighted by atomic mass is 16.2. The number of carbonyl (C=O) groups is 1. The molecule has 13 heavy (non-hydrogen) atoms. The number of nitrogens with one attached hydrogen (secondary N) is 1. The van der Waals surface area contributed by atoms with E-state index in [-0.39, 0.29) is 6.03 Å². The number of likely N-dealkylation sites (N-methyl/N-ethyl adjacent to an activating group) is 1. The molecule has 0 aromatic heterocycles. The molecule has 2 atom stereocenters. The Balaban J connectivity index is 2.04. The second kappa shape index (κ2) is 3.18. The van der Waals surface area contributed by atoms with Gasteiger partial charge in [0.2, 0.25) is 0 Å². The second-order valence-electron chi connectivity index (χ2n) is 4.04. The lowest BCUT2D eigenvalue weighted by atomic mass is 10.2. The Morgan fingerprint density at radius 3 is 2.77 bits per heavy atom. The largest absolute Gasteiger partial charge is 0.323 e. The van der Waals surface area contributed by atoms with E-state index in [2.05, 4.69) is 12.2 Å². The third kappa shape index (κ3) is 1.39. The molecule has 4 nitrogen and oxygen atoms in total. The molecule has 1 N–H and O–H groups in total. The van der Waals surface area contributed by atoms with E-state index in [4.69, 9.17) is 0 Å². The van der Waals surface area contributed by atoms with Crippen molar-refractivity contribution < 1.29 is 4.79 Å². The summed E-state index contributed by atoms with van der Waals surface area (Å²) in [7, 11) is 1.88. The van der Waals surface area contributed by atoms with E-state index < -0.39 is 0 Å². The summed E-state index contributed by atoms with van der Waals surface area (Å²) < 4.78 is 0. The van der Waals surface area contributed by atoms with Gasteiger partial charge in [-0.1, -0.05) is 0 Å². The van der Waals surface area contributed by atoms with Crippen LogP contribution >= 0.6 is 0 Å². The number of rotatable bonds is 1. The van der Waals surface area contributed by atoms with Gasteiger partial charge in [0.1, 0.15) is 0 Å². The number of carbonyl (C=O) groups excluding carboxylic acids is 1. The maximum Gasteiger partial charge on any atom is 0.320 e. The van der Waals surface area contributed by atoms with Crippen LogP contribution in [0.5, 0.6) is 0 Å². The first-order valence-electron chi connectivity index (χ1n) is 4.94. The number of hydrogen-bond donors (Lipinski definition) is 1. The molecule has 2 heterocycles. The zero-order valence-electron chi connectivity index (χ0n) is 8.29. The van der Waals surface area contributed by atoms with Gasteiger partial charge in [0.05, 0.1) is 0 Å². The van der Waals surface area contributed by atoms with Gasteiger partial charge in [-0.15, -0.1) is 0 Å². The summed E-state index contributed by atoms with van der Waals surface area (Å²) in [5.74, 6) is 0. The van der Waals surface area contributed by atoms with Crippen LogP contribution in [0.25, 0.3) is 0 Å². The van der Waals surface area contributed by atoms with E-state index >= 15 is 0 Å². The molecule has 0 bridgehead atoms. The van der Waals surface area contributed by atoms with E-state index in [0.29, 0.717) is 12.1 Å². The Morgan fingerprint density at radius 2 is 2.31 bits per heavy atom. The first-order chi connectivity index (χ1) is 6.20. The Bertz CT molecular complexity index is 213. The fourth-order valence-corrected chi connectivity index (χ4v) is 2.09. The molecule has 2 fully saturated rings. The van der Waals surface area contributed by atoms with Crippen molar-refractivity contribution in [2.75, 3.05) is 26.7 Å². The minimum Gasteiger partial charge on any atom is -0.323 e. The van der Waals surface area contributed by atoms with Crippen LogP contribution in [0.2, 0.25) is 0 Å². The van der Waals surface area contributed by atoms with Gasteiger partial charge >= 0.3 is 6.03 Å². The second-order valence-corrected chi connectivity index (χ2v) is 4.04. The highest BCUT2D eigenvalue weighted by molar-refractivity contribution is 5.77. The average Bonchev–Trinajstić information content (AvgIpc) is 2.70. The highest BCUT2D eigenvalue weighted by Gasteiger charge is 2.36. The van der Waals surface area contributed by atoms with E-state index in [9.17, 15) is 4.79 Å². The first-order valence-corrected chi connectivity index (χ1v) is 4.94. The lowest BCUT2D eigenvalue weighted by Crippen LogP contribution is -2.39. The molecule has 2 unspecified atom stereocenters. The van der Waals surface area contributed by atoms with Gasteiger partial charge in [0, 0.05) is 32.2 Å². The van der Waals surface area contributed by atoms with Crippen LogP contribution in [0.3, 0.4) is 0 Å². The van der Waals surface area contributed by atoms with Gasteiger partial charge in [-0.2, -0.15) is 0 Å². The van der Waals surface area contributed by atoms with Gasteiger partial charge in [0.25, 0.3) is 0 Å². The normalized spacial score (nSPS) is 34.8. The van der Waals surface area contributed by atoms with E-state index in [1.54, 1.807) is 0 Å². The van der Waals surface area contributed by atoms with Gasteiger partial charge in [-0.05, 0) is 19.9 Å². The molecule has 0 radical (unpaired) electrons. The SMILES string of the molecule is CC1CN(C2CCNC2)C(=O)N1C. The van der Waals surface area contributed by atoms with Crippen molar-refractivity contribution in [3.63, 3.8) is 0 Å². The number of hydrogen-bond acceptors (Lipinski definition) is 2. The van der Waals surface area contributed by atoms with Crippen molar-refractivity contribution >= 4 is 6.03 Å². The highest BCUT2D eigenvalue weighted by Crippen LogP contribution is 2.19. The van der Waals surface area contributed by atoms with Crippen LogP contribution in [0, 0.1) is 0 Å². The van der Waals surface area contributed by atoms with E-state index in [1.165, 1.54) is 0 Å². The molecule has 2 saturated heterocycles. The van der Waals surface area contributed by atoms with Crippen LogP contribution in [-0.4, -0.2) is 54.6 Å². The topological polar surface area (TPSA) is 35.6 Å². The number of nitrogens with zero attached hydrogens (tertiary/aromatic N) is 2. The predicted molar refractivity (Wildman–Crippen MR) is 50.6 cm³/mol. The van der Waals surface area contributed by atoms with Crippen LogP contribution in [-0.2, 0) is 0 Å². The van der Waals surface area contributed by atoms with Crippen molar-refractivity contribution in [1.82, 2.24) is 15.1 Å². The van der Waals surface area contributed by atoms with Crippen LogP contribution in [0.1, 0.15) is 13.3 Å². The monoisotopic (exact) mass is 183 g/mol. The molecule has 2 rings (SSSR count). The lowest BCUT2D eigenvalue weighted by Gasteiger charge is -2.22. The van der Waals surface area contributed by atoms with Crippen LogP contribution < -0.4 is 5.32 Å². The molecular weight excluding hydrogens is 166 g/mol. The van der Waals surface area contributed by atoms with Gasteiger partial charge in [-0.3, -0.25) is 0 Å². The maximum absolute atomic E-state index is 11.7. The summed E-state index contributed by atoms with van der Waals surface area (Å²) in [5.41, 5.74) is 0. The zero-order valence-corrected chi connectivity index (χ0v) is 8.29. The first kappa shape index (κ1) is 8.81. The fourth-order valence-electron chi connectivity index (χ4n) is 2.09. The molecule has 0 aliphatic carbocycles. The Hall–Kier alpha value is -0.770. The summed E-state index contributed by atoms with van der Waals surface area (Å²) in [6.45, 7) is 5.00. The Labute approximate surface area is 78.9 Å². The van der Waals surface area contributed by atoms with Crippen LogP contribution in [0.15, 0.2) is 0 Å². The molecule has 2 aliphatic heterocycles. The quantitative estimate of drug-likeness (QED) is 0.626. The summed E-state index contributed by atoms with van der Waals surface area (Å²) >= 11 is 0. The van der Waals surface area contributed by atoms with E-state index in [1.807, 2.05) is 16.8 Å². The van der Waals surface area contributed by atoms with Crippen LogP contribution in [0.4, 0.5) is 4.79 Å². The summed E-state index contributed by atoms with van der Waals surface area (Å²) in [4.78, 5) is 15.6. The third-order valence-electron chi connectivity index (χ3n) is 3.14. The lowest BCUT2D eigenvalue weighted by molar-refractivity contribution is 0.184. The minimum absolute atomic E-state index is 0.196. The molecule has 0 spiro atoms. The predicted octanol–water partition coefficient (Wildman–Crippen LogP) is 0.104. The standard InChI is InChI=1S/C9H17N3O/c1-7-6-12(9(13)11(7)2)8-3-4-10-5-8/h7-8,10H,3-6H2,1-2H3. The summed E-state index contributed by atoms with van der Waals surface area (Å²) in [6, 6.07) is 0.995. The smallest absolute Gasteiger partial charge is 0.320 e. The van der Waals surface area contributed by atoms with E-state index in [0.717, 1.165) is 26.1 Å². The molecule has 2 aliphatic rings. The van der Waals surface area contributed by atoms with Crippen molar-refractivity contribution in [3.05, 3.63) is 0 Å². The summed E-state index contributed by atoms with van der Waals surface area (Å²) in [5, 5.41) is 3.29. The Kier molecular flexibility index (Phi) is 2.15. The van der Waals surface area contributed by atoms with Crippen molar-refractivity contribution in [2.45, 2.75) is 25.4 Å². The van der Waals surface area contributed by atoms with Gasteiger partial charge in [-0.25, -0.2) is 4.79 Å². The fraction of sp³-hybridized carbons (Fsp3) is 0.889. The molecule has 0 saturated carbocycles. The average molecular weight is 183 g/mol. The molecule has 4 heteroatoms. The molecule has 0 aromatic carbocycles. The number of urea groups is 1. The zero-order chi connectivity index (χ0) is 9.42. The third-order valence-corrected chi connectivity index (χ3v) is 3.14.